The molecular formula is C121H98Ir4N8-8. The minimum absolute atomic E-state index is 0. The van der Waals surface area contributed by atoms with Crippen LogP contribution in [0.3, 0.4) is 0 Å². The number of rotatable bonds is 12. The van der Waals surface area contributed by atoms with Gasteiger partial charge in [-0.3, -0.25) is 0 Å². The van der Waals surface area contributed by atoms with Gasteiger partial charge in [0.1, 0.15) is 0 Å². The zero-order valence-electron chi connectivity index (χ0n) is 75.4. The zero-order valence-corrected chi connectivity index (χ0v) is 85.0. The number of aryl methyl sites for hydroxylation is 6. The third-order valence-corrected chi connectivity index (χ3v) is 21.3. The molecular weight excluding hydrogens is 2330 g/mol. The molecule has 0 aliphatic rings. The molecule has 12 aromatic carbocycles. The number of aromatic nitrogens is 8. The second kappa shape index (κ2) is 54.9. The van der Waals surface area contributed by atoms with Crippen LogP contribution in [0.1, 0.15) is 50.1 Å². The Hall–Kier alpha value is -13.6. The molecule has 0 saturated carbocycles. The van der Waals surface area contributed by atoms with E-state index in [9.17, 15) is 0 Å². The Balaban J connectivity index is 0.000000171. The first-order valence-corrected chi connectivity index (χ1v) is 42.8. The summed E-state index contributed by atoms with van der Waals surface area (Å²) in [4.78, 5) is 35.6. The molecule has 12 heteroatoms. The van der Waals surface area contributed by atoms with E-state index in [2.05, 4.69) is 236 Å². The van der Waals surface area contributed by atoms with E-state index >= 15 is 0 Å². The number of pyridine rings is 8. The predicted molar refractivity (Wildman–Crippen MR) is 532 cm³/mol. The van der Waals surface area contributed by atoms with Crippen LogP contribution in [0.15, 0.2) is 432 Å². The quantitative estimate of drug-likeness (QED) is 0.111. The van der Waals surface area contributed by atoms with E-state index in [1.54, 1.807) is 0 Å². The van der Waals surface area contributed by atoms with Gasteiger partial charge < -0.3 is 39.9 Å². The van der Waals surface area contributed by atoms with Crippen LogP contribution in [0.5, 0.6) is 0 Å². The topological polar surface area (TPSA) is 103 Å². The van der Waals surface area contributed by atoms with E-state index in [1.165, 1.54) is 72.3 Å². The second-order valence-corrected chi connectivity index (χ2v) is 30.4. The van der Waals surface area contributed by atoms with E-state index in [1.807, 2.05) is 347 Å². The molecule has 0 N–H and O–H groups in total. The van der Waals surface area contributed by atoms with Crippen molar-refractivity contribution in [3.05, 3.63) is 530 Å². The maximum Gasteiger partial charge on any atom is 0.0239 e. The summed E-state index contributed by atoms with van der Waals surface area (Å²) in [6, 6.07) is 153. The third-order valence-electron chi connectivity index (χ3n) is 21.3. The Morgan fingerprint density at radius 1 is 0.165 bits per heavy atom. The van der Waals surface area contributed by atoms with Crippen molar-refractivity contribution in [3.8, 4) is 135 Å². The van der Waals surface area contributed by atoms with Gasteiger partial charge in [-0.2, -0.15) is 0 Å². The number of hydrogen-bond acceptors (Lipinski definition) is 8. The predicted octanol–water partition coefficient (Wildman–Crippen LogP) is 29.8. The maximum atomic E-state index is 4.49. The van der Waals surface area contributed by atoms with Gasteiger partial charge in [0.05, 0.1) is 0 Å². The van der Waals surface area contributed by atoms with Gasteiger partial charge in [-0.05, 0) is 175 Å². The molecule has 0 unspecified atom stereocenters. The monoisotopic (exact) mass is 2430 g/mol. The summed E-state index contributed by atoms with van der Waals surface area (Å²) in [5, 5.41) is 0. The molecule has 0 bridgehead atoms. The largest absolute Gasteiger partial charge is 0.304 e. The van der Waals surface area contributed by atoms with Gasteiger partial charge in [0.2, 0.25) is 0 Å². The van der Waals surface area contributed by atoms with Crippen LogP contribution in [-0.2, 0) is 80.4 Å². The smallest absolute Gasteiger partial charge is 0.0239 e. The van der Waals surface area contributed by atoms with Crippen molar-refractivity contribution in [3.63, 3.8) is 0 Å². The van der Waals surface area contributed by atoms with Gasteiger partial charge in [-0.1, -0.05) is 215 Å². The fourth-order valence-electron chi connectivity index (χ4n) is 13.6. The molecule has 20 aromatic rings. The molecule has 8 nitrogen and oxygen atoms in total. The van der Waals surface area contributed by atoms with Gasteiger partial charge >= 0.3 is 0 Å². The SMILES string of the molecule is Cc1ccnc(-c2[c-]cccc2)c1C.Cc1cnc(-c2[c-]cccc2)c(C)c1.Cc1cnc(-c2[c-]cccc2)c(C)c1C.Cc1cnc(-c2[c-]cccc2)cc1C.[Ir].[Ir].[Ir].[Ir].[c-]1ccccc1-c1ccc(-c2ccccc2)cn1.[c-]1ccccc1-c1ccc(-c2ccccc2)cn1.[c-]1ccccc1-c1ccc(-c2ccccc2)cn1.[c-]1ccccc1-c1ccc(-c2ccccc2)cn1. The average Bonchev–Trinajstić information content (AvgIpc) is 0.820. The van der Waals surface area contributed by atoms with Crippen LogP contribution in [-0.4, -0.2) is 39.9 Å². The van der Waals surface area contributed by atoms with E-state index in [-0.39, 0.29) is 80.4 Å². The molecule has 0 amide bonds. The standard InChI is InChI=1S/4C17H12N.C14H14N.3C13H12N.4Ir/c4*1-3-7-14(8-4-1)16-11-12-17(18-13-16)15-9-5-2-6-10-15;1-10-9-15-14(12(3)11(10)2)13-7-5-4-6-8-13;1-10-8-13(14-9-11(10)2)12-6-4-3-5-7-12;1-10-8-11(2)13(14-9-10)12-6-4-3-5-7-12;1-10-8-9-14-13(11(10)2)12-6-4-3-5-7-12;;;;/h4*1-9,11-13H;4-7,9H,1-3H3;3*3-6,8-9H,1-2H3;;;;/q8*-1;;;;. The summed E-state index contributed by atoms with van der Waals surface area (Å²) in [5.41, 5.74) is 36.7. The van der Waals surface area contributed by atoms with Crippen molar-refractivity contribution in [1.29, 1.82) is 0 Å². The summed E-state index contributed by atoms with van der Waals surface area (Å²) < 4.78 is 0. The summed E-state index contributed by atoms with van der Waals surface area (Å²) >= 11 is 0. The van der Waals surface area contributed by atoms with Gasteiger partial charge in [0.25, 0.3) is 0 Å². The molecule has 0 saturated heterocycles. The van der Waals surface area contributed by atoms with Crippen LogP contribution >= 0.6 is 0 Å². The van der Waals surface area contributed by atoms with Crippen molar-refractivity contribution in [2.24, 2.45) is 0 Å². The third kappa shape index (κ3) is 31.0. The molecule has 8 aromatic heterocycles. The van der Waals surface area contributed by atoms with Crippen molar-refractivity contribution in [2.75, 3.05) is 0 Å². The van der Waals surface area contributed by atoms with Crippen LogP contribution in [0, 0.1) is 111 Å². The fraction of sp³-hybridized carbons (Fsp3) is 0.0744. The van der Waals surface area contributed by atoms with Gasteiger partial charge in [0.15, 0.2) is 0 Å². The van der Waals surface area contributed by atoms with Gasteiger partial charge in [-0.15, -0.1) is 287 Å². The minimum Gasteiger partial charge on any atom is -0.304 e. The zero-order chi connectivity index (χ0) is 89.6. The first-order chi connectivity index (χ1) is 63.3. The molecule has 133 heavy (non-hydrogen) atoms. The minimum atomic E-state index is 0. The van der Waals surface area contributed by atoms with Crippen molar-refractivity contribution in [1.82, 2.24) is 39.9 Å². The Kier molecular flexibility index (Phi) is 42.6. The number of nitrogens with zero attached hydrogens (tertiary/aromatic N) is 8. The Bertz CT molecular complexity index is 6010. The Morgan fingerprint density at radius 3 is 0.722 bits per heavy atom. The molecule has 666 valence electrons. The molecule has 0 fully saturated rings. The molecule has 8 heterocycles. The normalized spacial score (nSPS) is 9.90. The first kappa shape index (κ1) is 103. The average molecular weight is 2430 g/mol. The van der Waals surface area contributed by atoms with Crippen LogP contribution in [0.2, 0.25) is 0 Å². The summed E-state index contributed by atoms with van der Waals surface area (Å²) in [5.74, 6) is 0. The molecule has 0 spiro atoms. The van der Waals surface area contributed by atoms with Crippen LogP contribution in [0.25, 0.3) is 135 Å². The van der Waals surface area contributed by atoms with Crippen LogP contribution in [0.4, 0.5) is 0 Å². The summed E-state index contributed by atoms with van der Waals surface area (Å²) in [6.07, 6.45) is 15.2. The second-order valence-electron chi connectivity index (χ2n) is 30.4. The number of hydrogen-bond donors (Lipinski definition) is 0. The molecule has 0 aliphatic carbocycles. The molecule has 0 atom stereocenters. The van der Waals surface area contributed by atoms with E-state index < -0.39 is 0 Å². The van der Waals surface area contributed by atoms with Crippen molar-refractivity contribution < 1.29 is 80.4 Å². The molecule has 4 radical (unpaired) electrons. The van der Waals surface area contributed by atoms with Crippen LogP contribution < -0.4 is 0 Å². The summed E-state index contributed by atoms with van der Waals surface area (Å²) in [6.45, 7) is 18.8. The number of benzene rings is 12. The van der Waals surface area contributed by atoms with Crippen molar-refractivity contribution in [2.45, 2.75) is 62.3 Å². The molecule has 20 rings (SSSR count). The van der Waals surface area contributed by atoms with Crippen molar-refractivity contribution >= 4 is 0 Å². The van der Waals surface area contributed by atoms with E-state index in [0.717, 1.165) is 112 Å². The van der Waals surface area contributed by atoms with E-state index in [4.69, 9.17) is 0 Å². The summed E-state index contributed by atoms with van der Waals surface area (Å²) in [7, 11) is 0. The Labute approximate surface area is 840 Å². The molecule has 0 aliphatic heterocycles. The fourth-order valence-corrected chi connectivity index (χ4v) is 13.6. The maximum absolute atomic E-state index is 4.49. The van der Waals surface area contributed by atoms with Gasteiger partial charge in [-0.25, -0.2) is 0 Å². The van der Waals surface area contributed by atoms with Gasteiger partial charge in [0, 0.05) is 130 Å². The first-order valence-electron chi connectivity index (χ1n) is 42.8. The van der Waals surface area contributed by atoms with E-state index in [0.29, 0.717) is 0 Å². The Morgan fingerprint density at radius 2 is 0.436 bits per heavy atom.